The zero-order valence-electron chi connectivity index (χ0n) is 9.77. The molecule has 2 rings (SSSR count). The predicted octanol–water partition coefficient (Wildman–Crippen LogP) is 3.91. The quantitative estimate of drug-likeness (QED) is 0.763. The lowest BCUT2D eigenvalue weighted by molar-refractivity contribution is 0.826. The van der Waals surface area contributed by atoms with Gasteiger partial charge in [0.05, 0.1) is 5.88 Å². The summed E-state index contributed by atoms with van der Waals surface area (Å²) >= 11 is 7.47. The van der Waals surface area contributed by atoms with Gasteiger partial charge in [0.1, 0.15) is 0 Å². The maximum Gasteiger partial charge on any atom is 0.185 e. The van der Waals surface area contributed by atoms with Gasteiger partial charge in [-0.2, -0.15) is 0 Å². The number of rotatable bonds is 5. The second-order valence-corrected chi connectivity index (χ2v) is 5.10. The summed E-state index contributed by atoms with van der Waals surface area (Å²) in [6.45, 7) is 3.99. The number of anilines is 1. The van der Waals surface area contributed by atoms with Gasteiger partial charge in [0.25, 0.3) is 0 Å². The summed E-state index contributed by atoms with van der Waals surface area (Å²) in [6, 6.07) is 10.4. The first kappa shape index (κ1) is 12.4. The molecule has 0 radical (unpaired) electrons. The molecule has 0 atom stereocenters. The molecule has 0 saturated heterocycles. The molecule has 0 bridgehead atoms. The third-order valence-electron chi connectivity index (χ3n) is 2.54. The fraction of sp³-hybridized carbons (Fsp3) is 0.308. The second kappa shape index (κ2) is 6.03. The highest BCUT2D eigenvalue weighted by Gasteiger charge is 2.09. The second-order valence-electron chi connectivity index (χ2n) is 3.74. The molecule has 0 fully saturated rings. The fourth-order valence-electron chi connectivity index (χ4n) is 1.62. The van der Waals surface area contributed by atoms with Crippen LogP contribution < -0.4 is 4.90 Å². The number of nitrogens with zero attached hydrogens (tertiary/aromatic N) is 2. The minimum Gasteiger partial charge on any atom is -0.344 e. The van der Waals surface area contributed by atoms with Crippen LogP contribution in [-0.4, -0.2) is 11.5 Å². The van der Waals surface area contributed by atoms with Crippen molar-refractivity contribution in [1.29, 1.82) is 0 Å². The lowest BCUT2D eigenvalue weighted by Crippen LogP contribution is -2.21. The summed E-state index contributed by atoms with van der Waals surface area (Å²) < 4.78 is 0. The van der Waals surface area contributed by atoms with Gasteiger partial charge < -0.3 is 4.90 Å². The van der Waals surface area contributed by atoms with Gasteiger partial charge in [0, 0.05) is 24.2 Å². The van der Waals surface area contributed by atoms with Crippen molar-refractivity contribution >= 4 is 28.1 Å². The molecule has 1 aromatic carbocycles. The van der Waals surface area contributed by atoms with Crippen LogP contribution in [0.3, 0.4) is 0 Å². The summed E-state index contributed by atoms with van der Waals surface area (Å²) in [5.74, 6) is 0.542. The van der Waals surface area contributed by atoms with E-state index in [1.165, 1.54) is 5.56 Å². The molecular weight excluding hydrogens is 252 g/mol. The number of thiazole rings is 1. The van der Waals surface area contributed by atoms with Crippen molar-refractivity contribution < 1.29 is 0 Å². The number of hydrogen-bond donors (Lipinski definition) is 0. The number of hydrogen-bond acceptors (Lipinski definition) is 3. The maximum atomic E-state index is 5.80. The van der Waals surface area contributed by atoms with Gasteiger partial charge in [-0.25, -0.2) is 4.98 Å². The van der Waals surface area contributed by atoms with E-state index in [2.05, 4.69) is 41.1 Å². The van der Waals surface area contributed by atoms with Crippen molar-refractivity contribution in [2.75, 3.05) is 11.4 Å². The summed E-state index contributed by atoms with van der Waals surface area (Å²) in [7, 11) is 0. The molecule has 0 spiro atoms. The third kappa shape index (κ3) is 3.20. The molecule has 2 nitrogen and oxygen atoms in total. The van der Waals surface area contributed by atoms with Crippen LogP contribution in [0.1, 0.15) is 17.4 Å². The molecule has 0 aliphatic heterocycles. The molecule has 0 unspecified atom stereocenters. The normalized spacial score (nSPS) is 10.5. The summed E-state index contributed by atoms with van der Waals surface area (Å²) in [6.07, 6.45) is 1.86. The Hall–Kier alpha value is -1.06. The van der Waals surface area contributed by atoms with Crippen molar-refractivity contribution in [3.8, 4) is 0 Å². The maximum absolute atomic E-state index is 5.80. The van der Waals surface area contributed by atoms with Crippen LogP contribution in [0.5, 0.6) is 0 Å². The smallest absolute Gasteiger partial charge is 0.185 e. The molecule has 2 aromatic rings. The Bertz CT molecular complexity index is 455. The molecule has 4 heteroatoms. The molecular formula is C13H15ClN2S. The third-order valence-corrected chi connectivity index (χ3v) is 4.05. The first-order valence-corrected chi connectivity index (χ1v) is 6.98. The van der Waals surface area contributed by atoms with E-state index in [4.69, 9.17) is 11.6 Å². The zero-order valence-corrected chi connectivity index (χ0v) is 11.3. The summed E-state index contributed by atoms with van der Waals surface area (Å²) in [4.78, 5) is 7.79. The number of benzene rings is 1. The lowest BCUT2D eigenvalue weighted by Gasteiger charge is -2.19. The van der Waals surface area contributed by atoms with Crippen molar-refractivity contribution in [2.45, 2.75) is 19.3 Å². The highest BCUT2D eigenvalue weighted by molar-refractivity contribution is 7.15. The van der Waals surface area contributed by atoms with Crippen LogP contribution in [-0.2, 0) is 12.4 Å². The van der Waals surface area contributed by atoms with E-state index in [1.54, 1.807) is 11.3 Å². The summed E-state index contributed by atoms with van der Waals surface area (Å²) in [5.41, 5.74) is 1.30. The van der Waals surface area contributed by atoms with Gasteiger partial charge >= 0.3 is 0 Å². The van der Waals surface area contributed by atoms with Crippen molar-refractivity contribution in [3.05, 3.63) is 47.0 Å². The average molecular weight is 267 g/mol. The Morgan fingerprint density at radius 2 is 2.06 bits per heavy atom. The standard InChI is InChI=1S/C13H15ClN2S/c1-2-16(10-11-6-4-3-5-7-11)13-15-9-12(8-14)17-13/h3-7,9H,2,8,10H2,1H3. The van der Waals surface area contributed by atoms with Gasteiger partial charge in [-0.3, -0.25) is 0 Å². The molecule has 0 saturated carbocycles. The molecule has 0 aliphatic rings. The largest absolute Gasteiger partial charge is 0.344 e. The van der Waals surface area contributed by atoms with E-state index in [-0.39, 0.29) is 0 Å². The minimum absolute atomic E-state index is 0.542. The number of alkyl halides is 1. The van der Waals surface area contributed by atoms with Crippen LogP contribution in [0.2, 0.25) is 0 Å². The first-order chi connectivity index (χ1) is 8.33. The monoisotopic (exact) mass is 266 g/mol. The van der Waals surface area contributed by atoms with E-state index < -0.39 is 0 Å². The molecule has 17 heavy (non-hydrogen) atoms. The van der Waals surface area contributed by atoms with Crippen LogP contribution in [0.4, 0.5) is 5.13 Å². The van der Waals surface area contributed by atoms with Crippen molar-refractivity contribution in [3.63, 3.8) is 0 Å². The lowest BCUT2D eigenvalue weighted by atomic mass is 10.2. The zero-order chi connectivity index (χ0) is 12.1. The first-order valence-electron chi connectivity index (χ1n) is 5.63. The predicted molar refractivity (Wildman–Crippen MR) is 74.8 cm³/mol. The average Bonchev–Trinajstić information content (AvgIpc) is 2.86. The summed E-state index contributed by atoms with van der Waals surface area (Å²) in [5, 5.41) is 1.05. The van der Waals surface area contributed by atoms with Gasteiger partial charge in [-0.1, -0.05) is 30.3 Å². The van der Waals surface area contributed by atoms with Crippen LogP contribution in [0.15, 0.2) is 36.5 Å². The Labute approximate surface area is 111 Å². The van der Waals surface area contributed by atoms with Crippen molar-refractivity contribution in [2.24, 2.45) is 0 Å². The van der Waals surface area contributed by atoms with Gasteiger partial charge in [-0.05, 0) is 12.5 Å². The fourth-order valence-corrected chi connectivity index (χ4v) is 2.68. The number of halogens is 1. The number of aromatic nitrogens is 1. The molecule has 0 aliphatic carbocycles. The van der Waals surface area contributed by atoms with Crippen LogP contribution in [0, 0.1) is 0 Å². The molecule has 0 N–H and O–H groups in total. The SMILES string of the molecule is CCN(Cc1ccccc1)c1ncc(CCl)s1. The molecule has 0 amide bonds. The Kier molecular flexibility index (Phi) is 4.40. The van der Waals surface area contributed by atoms with E-state index in [0.717, 1.165) is 23.1 Å². The highest BCUT2D eigenvalue weighted by atomic mass is 35.5. The van der Waals surface area contributed by atoms with Crippen molar-refractivity contribution in [1.82, 2.24) is 4.98 Å². The Balaban J connectivity index is 2.11. The van der Waals surface area contributed by atoms with Crippen LogP contribution >= 0.6 is 22.9 Å². The van der Waals surface area contributed by atoms with Crippen LogP contribution in [0.25, 0.3) is 0 Å². The Morgan fingerprint density at radius 1 is 1.29 bits per heavy atom. The van der Waals surface area contributed by atoms with Gasteiger partial charge in [0.15, 0.2) is 5.13 Å². The van der Waals surface area contributed by atoms with E-state index in [0.29, 0.717) is 5.88 Å². The molecule has 90 valence electrons. The Morgan fingerprint density at radius 3 is 2.65 bits per heavy atom. The van der Waals surface area contributed by atoms with Gasteiger partial charge in [-0.15, -0.1) is 22.9 Å². The van der Waals surface area contributed by atoms with E-state index in [1.807, 2.05) is 12.3 Å². The van der Waals surface area contributed by atoms with Gasteiger partial charge in [0.2, 0.25) is 0 Å². The minimum atomic E-state index is 0.542. The highest BCUT2D eigenvalue weighted by Crippen LogP contribution is 2.24. The van der Waals surface area contributed by atoms with E-state index >= 15 is 0 Å². The topological polar surface area (TPSA) is 16.1 Å². The molecule has 1 heterocycles. The molecule has 1 aromatic heterocycles. The van der Waals surface area contributed by atoms with E-state index in [9.17, 15) is 0 Å².